The standard InChI is InChI=1S/C17H33N3/c1-2-5-9-13-17(14-10-6-3-1)20-16-12-8-4-7-11-15-18-19-20/h7,11,17-19H,1-6,8-10,12-16H2/b11-7-. The van der Waals surface area contributed by atoms with Crippen LogP contribution in [0.3, 0.4) is 0 Å². The second kappa shape index (κ2) is 10.4. The molecule has 1 aliphatic carbocycles. The van der Waals surface area contributed by atoms with Crippen LogP contribution in [-0.4, -0.2) is 24.1 Å². The van der Waals surface area contributed by atoms with Gasteiger partial charge >= 0.3 is 0 Å². The predicted molar refractivity (Wildman–Crippen MR) is 86.2 cm³/mol. The lowest BCUT2D eigenvalue weighted by Gasteiger charge is -2.33. The lowest BCUT2D eigenvalue weighted by atomic mass is 9.97. The highest BCUT2D eigenvalue weighted by atomic mass is 15.7. The maximum atomic E-state index is 3.48. The molecule has 116 valence electrons. The van der Waals surface area contributed by atoms with Gasteiger partial charge in [0.2, 0.25) is 0 Å². The minimum Gasteiger partial charge on any atom is -0.240 e. The second-order valence-corrected chi connectivity index (χ2v) is 6.36. The Balaban J connectivity index is 1.84. The van der Waals surface area contributed by atoms with E-state index in [1.807, 2.05) is 0 Å². The number of allylic oxidation sites excluding steroid dienone is 1. The molecular formula is C17H33N3. The van der Waals surface area contributed by atoms with E-state index < -0.39 is 0 Å². The van der Waals surface area contributed by atoms with Crippen molar-refractivity contribution in [2.24, 2.45) is 0 Å². The van der Waals surface area contributed by atoms with Gasteiger partial charge in [0.25, 0.3) is 0 Å². The average molecular weight is 279 g/mol. The van der Waals surface area contributed by atoms with Gasteiger partial charge < -0.3 is 0 Å². The Kier molecular flexibility index (Phi) is 8.29. The van der Waals surface area contributed by atoms with Crippen molar-refractivity contribution in [2.45, 2.75) is 83.1 Å². The van der Waals surface area contributed by atoms with Crippen LogP contribution in [0.2, 0.25) is 0 Å². The van der Waals surface area contributed by atoms with E-state index in [9.17, 15) is 0 Å². The van der Waals surface area contributed by atoms with Crippen molar-refractivity contribution in [3.63, 3.8) is 0 Å². The van der Waals surface area contributed by atoms with Gasteiger partial charge in [0.05, 0.1) is 0 Å². The van der Waals surface area contributed by atoms with Crippen molar-refractivity contribution in [2.75, 3.05) is 13.1 Å². The van der Waals surface area contributed by atoms with E-state index in [0.29, 0.717) is 0 Å². The molecule has 1 saturated carbocycles. The smallest absolute Gasteiger partial charge is 0.0294 e. The van der Waals surface area contributed by atoms with Crippen molar-refractivity contribution in [1.82, 2.24) is 16.0 Å². The summed E-state index contributed by atoms with van der Waals surface area (Å²) in [7, 11) is 0. The Bertz CT molecular complexity index is 255. The van der Waals surface area contributed by atoms with Crippen LogP contribution < -0.4 is 11.0 Å². The first-order valence-corrected chi connectivity index (χ1v) is 8.87. The molecule has 1 fully saturated rings. The Morgan fingerprint density at radius 3 is 2.20 bits per heavy atom. The molecule has 0 radical (unpaired) electrons. The average Bonchev–Trinajstić information content (AvgIpc) is 2.50. The van der Waals surface area contributed by atoms with Gasteiger partial charge in [-0.1, -0.05) is 57.1 Å². The van der Waals surface area contributed by atoms with Gasteiger partial charge in [-0.25, -0.2) is 10.4 Å². The molecule has 20 heavy (non-hydrogen) atoms. The van der Waals surface area contributed by atoms with E-state index >= 15 is 0 Å². The monoisotopic (exact) mass is 279 g/mol. The van der Waals surface area contributed by atoms with Crippen molar-refractivity contribution >= 4 is 0 Å². The molecule has 0 bridgehead atoms. The molecular weight excluding hydrogens is 246 g/mol. The Morgan fingerprint density at radius 1 is 0.750 bits per heavy atom. The van der Waals surface area contributed by atoms with Gasteiger partial charge in [-0.15, -0.1) is 0 Å². The summed E-state index contributed by atoms with van der Waals surface area (Å²) in [5.41, 5.74) is 6.83. The zero-order valence-electron chi connectivity index (χ0n) is 13.1. The van der Waals surface area contributed by atoms with Gasteiger partial charge in [-0.3, -0.25) is 0 Å². The molecule has 0 atom stereocenters. The van der Waals surface area contributed by atoms with Crippen LogP contribution >= 0.6 is 0 Å². The van der Waals surface area contributed by atoms with Crippen LogP contribution in [0.4, 0.5) is 0 Å². The van der Waals surface area contributed by atoms with E-state index in [1.54, 1.807) is 0 Å². The van der Waals surface area contributed by atoms with Crippen molar-refractivity contribution in [3.05, 3.63) is 12.2 Å². The molecule has 1 aliphatic heterocycles. The SMILES string of the molecule is C1=C\CNNN(C2CCCCCCCCC2)CCCC/1. The number of hydrogen-bond acceptors (Lipinski definition) is 3. The lowest BCUT2D eigenvalue weighted by Crippen LogP contribution is -2.52. The van der Waals surface area contributed by atoms with Crippen LogP contribution in [0.25, 0.3) is 0 Å². The molecule has 2 rings (SSSR count). The van der Waals surface area contributed by atoms with E-state index in [1.165, 1.54) is 83.6 Å². The molecule has 0 amide bonds. The van der Waals surface area contributed by atoms with Crippen molar-refractivity contribution in [1.29, 1.82) is 0 Å². The number of hydrogen-bond donors (Lipinski definition) is 2. The molecule has 0 aromatic rings. The Morgan fingerprint density at radius 2 is 1.45 bits per heavy atom. The third-order valence-corrected chi connectivity index (χ3v) is 4.64. The molecule has 0 unspecified atom stereocenters. The summed E-state index contributed by atoms with van der Waals surface area (Å²) < 4.78 is 0. The molecule has 0 spiro atoms. The summed E-state index contributed by atoms with van der Waals surface area (Å²) in [5, 5.41) is 2.50. The fourth-order valence-corrected chi connectivity index (χ4v) is 3.38. The lowest BCUT2D eigenvalue weighted by molar-refractivity contribution is 0.0792. The molecule has 0 aromatic heterocycles. The highest BCUT2D eigenvalue weighted by Crippen LogP contribution is 2.20. The normalized spacial score (nSPS) is 27.8. The zero-order valence-corrected chi connectivity index (χ0v) is 13.1. The number of nitrogens with one attached hydrogen (secondary N) is 2. The summed E-state index contributed by atoms with van der Waals surface area (Å²) >= 11 is 0. The third-order valence-electron chi connectivity index (χ3n) is 4.64. The number of hydrazine groups is 2. The van der Waals surface area contributed by atoms with Crippen LogP contribution in [0, 0.1) is 0 Å². The molecule has 2 N–H and O–H groups in total. The van der Waals surface area contributed by atoms with Crippen molar-refractivity contribution < 1.29 is 0 Å². The minimum absolute atomic E-state index is 0.726. The molecule has 2 aliphatic rings. The molecule has 3 nitrogen and oxygen atoms in total. The first-order chi connectivity index (χ1) is 9.97. The molecule has 3 heteroatoms. The molecule has 0 saturated heterocycles. The van der Waals surface area contributed by atoms with E-state index in [0.717, 1.165) is 12.6 Å². The van der Waals surface area contributed by atoms with Gasteiger partial charge in [0.1, 0.15) is 0 Å². The van der Waals surface area contributed by atoms with Gasteiger partial charge in [-0.05, 0) is 32.1 Å². The maximum absolute atomic E-state index is 3.48. The number of rotatable bonds is 1. The first kappa shape index (κ1) is 16.0. The van der Waals surface area contributed by atoms with Crippen LogP contribution in [-0.2, 0) is 0 Å². The van der Waals surface area contributed by atoms with E-state index in [2.05, 4.69) is 28.1 Å². The molecule has 0 aromatic carbocycles. The Hall–Kier alpha value is -0.380. The highest BCUT2D eigenvalue weighted by molar-refractivity contribution is 4.84. The van der Waals surface area contributed by atoms with Gasteiger partial charge in [0, 0.05) is 19.1 Å². The summed E-state index contributed by atoms with van der Waals surface area (Å²) in [6.45, 7) is 2.12. The summed E-state index contributed by atoms with van der Waals surface area (Å²) in [6.07, 6.45) is 21.2. The van der Waals surface area contributed by atoms with E-state index in [4.69, 9.17) is 0 Å². The van der Waals surface area contributed by atoms with Gasteiger partial charge in [0.15, 0.2) is 0 Å². The maximum Gasteiger partial charge on any atom is 0.0294 e. The topological polar surface area (TPSA) is 27.3 Å². The van der Waals surface area contributed by atoms with Gasteiger partial charge in [-0.2, -0.15) is 5.53 Å². The summed E-state index contributed by atoms with van der Waals surface area (Å²) in [6, 6.07) is 0.726. The predicted octanol–water partition coefficient (Wildman–Crippen LogP) is 3.93. The van der Waals surface area contributed by atoms with Crippen LogP contribution in [0.1, 0.15) is 77.0 Å². The third kappa shape index (κ3) is 6.38. The quantitative estimate of drug-likeness (QED) is 0.712. The van der Waals surface area contributed by atoms with Crippen molar-refractivity contribution in [3.8, 4) is 0 Å². The summed E-state index contributed by atoms with van der Waals surface area (Å²) in [4.78, 5) is 0. The largest absolute Gasteiger partial charge is 0.240 e. The first-order valence-electron chi connectivity index (χ1n) is 8.87. The molecule has 1 heterocycles. The summed E-state index contributed by atoms with van der Waals surface area (Å²) in [5.74, 6) is 0. The van der Waals surface area contributed by atoms with Crippen LogP contribution in [0.15, 0.2) is 12.2 Å². The number of nitrogens with zero attached hydrogens (tertiary/aromatic N) is 1. The van der Waals surface area contributed by atoms with Crippen LogP contribution in [0.5, 0.6) is 0 Å². The fraction of sp³-hybridized carbons (Fsp3) is 0.882. The minimum atomic E-state index is 0.726. The van der Waals surface area contributed by atoms with E-state index in [-0.39, 0.29) is 0 Å². The Labute approximate surface area is 125 Å². The fourth-order valence-electron chi connectivity index (χ4n) is 3.38. The second-order valence-electron chi connectivity index (χ2n) is 6.36. The highest BCUT2D eigenvalue weighted by Gasteiger charge is 2.18. The zero-order chi connectivity index (χ0) is 13.9.